The van der Waals surface area contributed by atoms with E-state index in [0.717, 1.165) is 16.8 Å². The summed E-state index contributed by atoms with van der Waals surface area (Å²) in [5, 5.41) is 9.52. The number of fused-ring (bicyclic) bond motifs is 1. The van der Waals surface area contributed by atoms with Gasteiger partial charge >= 0.3 is 5.97 Å². The van der Waals surface area contributed by atoms with Crippen molar-refractivity contribution in [2.75, 3.05) is 13.1 Å². The number of hydrogen-bond acceptors (Lipinski definition) is 3. The fourth-order valence-electron chi connectivity index (χ4n) is 3.60. The zero-order chi connectivity index (χ0) is 16.1. The number of aliphatic carboxylic acids is 1. The topological polar surface area (TPSA) is 74.7 Å². The van der Waals surface area contributed by atoms with E-state index in [4.69, 9.17) is 0 Å². The Balaban J connectivity index is 1.96. The second-order valence-corrected chi connectivity index (χ2v) is 8.74. The van der Waals surface area contributed by atoms with Crippen LogP contribution in [0.15, 0.2) is 27.6 Å². The molecule has 0 spiro atoms. The summed E-state index contributed by atoms with van der Waals surface area (Å²) in [5.41, 5.74) is -1.01. The maximum absolute atomic E-state index is 14.0. The van der Waals surface area contributed by atoms with Crippen molar-refractivity contribution < 1.29 is 22.7 Å². The van der Waals surface area contributed by atoms with Crippen LogP contribution >= 0.6 is 15.9 Å². The lowest BCUT2D eigenvalue weighted by atomic mass is 9.81. The summed E-state index contributed by atoms with van der Waals surface area (Å²) < 4.78 is 40.8. The summed E-state index contributed by atoms with van der Waals surface area (Å²) in [7, 11) is -4.03. The molecule has 120 valence electrons. The van der Waals surface area contributed by atoms with Crippen molar-refractivity contribution in [3.8, 4) is 0 Å². The average Bonchev–Trinajstić information content (AvgIpc) is 2.95. The molecule has 22 heavy (non-hydrogen) atoms. The van der Waals surface area contributed by atoms with Gasteiger partial charge in [-0.1, -0.05) is 22.4 Å². The first kappa shape index (κ1) is 15.9. The molecule has 1 N–H and O–H groups in total. The highest BCUT2D eigenvalue weighted by molar-refractivity contribution is 9.10. The smallest absolute Gasteiger partial charge is 0.311 e. The zero-order valence-electron chi connectivity index (χ0n) is 11.6. The number of hydrogen-bond donors (Lipinski definition) is 1. The van der Waals surface area contributed by atoms with Gasteiger partial charge in [0, 0.05) is 17.6 Å². The lowest BCUT2D eigenvalue weighted by molar-refractivity contribution is -0.149. The quantitative estimate of drug-likeness (QED) is 0.858. The molecule has 0 bridgehead atoms. The molecule has 3 rings (SSSR count). The molecular formula is C14H15BrFNO4S. The van der Waals surface area contributed by atoms with E-state index in [0.29, 0.717) is 17.3 Å². The standard InChI is InChI=1S/C14H15BrFNO4S/c15-10-3-4-12(11(16)6-10)22(20,21)17-7-9-2-1-5-14(9,8-17)13(18)19/h3-4,6,9H,1-2,5,7-8H2,(H,18,19)/t9-,14+/m0/s1. The van der Waals surface area contributed by atoms with Crippen LogP contribution in [0.25, 0.3) is 0 Å². The van der Waals surface area contributed by atoms with E-state index in [2.05, 4.69) is 15.9 Å². The Kier molecular flexibility index (Phi) is 3.81. The molecule has 1 aromatic rings. The second-order valence-electron chi connectivity index (χ2n) is 5.92. The summed E-state index contributed by atoms with van der Waals surface area (Å²) >= 11 is 3.09. The summed E-state index contributed by atoms with van der Waals surface area (Å²) in [5.74, 6) is -1.99. The van der Waals surface area contributed by atoms with Crippen molar-refractivity contribution in [3.05, 3.63) is 28.5 Å². The van der Waals surface area contributed by atoms with Crippen LogP contribution in [0.1, 0.15) is 19.3 Å². The molecule has 0 radical (unpaired) electrons. The number of nitrogens with zero attached hydrogens (tertiary/aromatic N) is 1. The van der Waals surface area contributed by atoms with E-state index < -0.39 is 32.1 Å². The van der Waals surface area contributed by atoms with Crippen molar-refractivity contribution in [1.29, 1.82) is 0 Å². The Morgan fingerprint density at radius 3 is 2.77 bits per heavy atom. The fourth-order valence-corrected chi connectivity index (χ4v) is 5.53. The summed E-state index contributed by atoms with van der Waals surface area (Å²) in [6.45, 7) is 0.0645. The monoisotopic (exact) mass is 391 g/mol. The van der Waals surface area contributed by atoms with Crippen LogP contribution in [0.5, 0.6) is 0 Å². The van der Waals surface area contributed by atoms with E-state index in [1.165, 1.54) is 12.1 Å². The molecule has 0 unspecified atom stereocenters. The molecule has 0 amide bonds. The highest BCUT2D eigenvalue weighted by Gasteiger charge is 2.57. The Morgan fingerprint density at radius 1 is 1.45 bits per heavy atom. The van der Waals surface area contributed by atoms with Gasteiger partial charge < -0.3 is 5.11 Å². The molecule has 2 aliphatic rings. The first-order valence-corrected chi connectivity index (χ1v) is 9.19. The first-order valence-electron chi connectivity index (χ1n) is 6.96. The third-order valence-corrected chi connectivity index (χ3v) is 7.12. The maximum atomic E-state index is 14.0. The highest BCUT2D eigenvalue weighted by atomic mass is 79.9. The number of carbonyl (C=O) groups is 1. The SMILES string of the molecule is O=C(O)[C@@]12CCC[C@H]1CN(S(=O)(=O)c1ccc(Br)cc1F)C2. The molecule has 1 heterocycles. The lowest BCUT2D eigenvalue weighted by Gasteiger charge is -2.23. The van der Waals surface area contributed by atoms with Gasteiger partial charge in [-0.15, -0.1) is 0 Å². The molecule has 1 saturated heterocycles. The predicted octanol–water partition coefficient (Wildman–Crippen LogP) is 2.46. The maximum Gasteiger partial charge on any atom is 0.311 e. The van der Waals surface area contributed by atoms with E-state index in [1.54, 1.807) is 0 Å². The van der Waals surface area contributed by atoms with Crippen LogP contribution in [-0.2, 0) is 14.8 Å². The number of benzene rings is 1. The van der Waals surface area contributed by atoms with Gasteiger partial charge in [-0.3, -0.25) is 4.79 Å². The van der Waals surface area contributed by atoms with Crippen molar-refractivity contribution in [1.82, 2.24) is 4.31 Å². The molecule has 0 aromatic heterocycles. The number of rotatable bonds is 3. The number of halogens is 2. The minimum atomic E-state index is -4.03. The summed E-state index contributed by atoms with van der Waals surface area (Å²) in [6.07, 6.45) is 1.96. The number of carboxylic acid groups (broad SMARTS) is 1. The van der Waals surface area contributed by atoms with Gasteiger partial charge in [0.15, 0.2) is 0 Å². The van der Waals surface area contributed by atoms with Crippen LogP contribution in [0.2, 0.25) is 0 Å². The van der Waals surface area contributed by atoms with Crippen LogP contribution in [0.4, 0.5) is 4.39 Å². The van der Waals surface area contributed by atoms with Crippen molar-refractivity contribution in [2.45, 2.75) is 24.2 Å². The van der Waals surface area contributed by atoms with Gasteiger partial charge in [0.2, 0.25) is 10.0 Å². The molecule has 1 aliphatic heterocycles. The van der Waals surface area contributed by atoms with Gasteiger partial charge in [0.25, 0.3) is 0 Å². The Morgan fingerprint density at radius 2 is 2.18 bits per heavy atom. The van der Waals surface area contributed by atoms with E-state index >= 15 is 0 Å². The second kappa shape index (κ2) is 5.28. The molecule has 1 aromatic carbocycles. The number of carboxylic acids is 1. The third kappa shape index (κ3) is 2.28. The van der Waals surface area contributed by atoms with Gasteiger partial charge in [0.1, 0.15) is 10.7 Å². The molecular weight excluding hydrogens is 377 g/mol. The van der Waals surface area contributed by atoms with Crippen molar-refractivity contribution in [3.63, 3.8) is 0 Å². The first-order chi connectivity index (χ1) is 10.3. The minimum absolute atomic E-state index is 0.0785. The van der Waals surface area contributed by atoms with Crippen molar-refractivity contribution in [2.24, 2.45) is 11.3 Å². The lowest BCUT2D eigenvalue weighted by Crippen LogP contribution is -2.37. The van der Waals surface area contributed by atoms with Crippen LogP contribution < -0.4 is 0 Å². The van der Waals surface area contributed by atoms with Gasteiger partial charge in [-0.2, -0.15) is 4.31 Å². The average molecular weight is 392 g/mol. The summed E-state index contributed by atoms with van der Waals surface area (Å²) in [4.78, 5) is 11.2. The molecule has 2 atom stereocenters. The van der Waals surface area contributed by atoms with Crippen LogP contribution in [-0.4, -0.2) is 36.9 Å². The third-order valence-electron chi connectivity index (χ3n) is 4.78. The molecule has 1 aliphatic carbocycles. The molecule has 1 saturated carbocycles. The Hall–Kier alpha value is -0.990. The minimum Gasteiger partial charge on any atom is -0.481 e. The van der Waals surface area contributed by atoms with Gasteiger partial charge in [-0.25, -0.2) is 12.8 Å². The van der Waals surface area contributed by atoms with Crippen LogP contribution in [0.3, 0.4) is 0 Å². The predicted molar refractivity (Wildman–Crippen MR) is 80.3 cm³/mol. The highest BCUT2D eigenvalue weighted by Crippen LogP contribution is 2.50. The van der Waals surface area contributed by atoms with E-state index in [9.17, 15) is 22.7 Å². The van der Waals surface area contributed by atoms with Gasteiger partial charge in [-0.05, 0) is 37.0 Å². The molecule has 2 fully saturated rings. The molecule has 5 nitrogen and oxygen atoms in total. The van der Waals surface area contributed by atoms with Gasteiger partial charge in [0.05, 0.1) is 5.41 Å². The van der Waals surface area contributed by atoms with E-state index in [1.807, 2.05) is 0 Å². The van der Waals surface area contributed by atoms with E-state index in [-0.39, 0.29) is 19.0 Å². The Labute approximate surface area is 136 Å². The van der Waals surface area contributed by atoms with Crippen molar-refractivity contribution >= 4 is 31.9 Å². The molecule has 8 heteroatoms. The number of sulfonamides is 1. The zero-order valence-corrected chi connectivity index (χ0v) is 14.0. The summed E-state index contributed by atoms with van der Waals surface area (Å²) in [6, 6.07) is 3.76. The largest absolute Gasteiger partial charge is 0.481 e. The normalized spacial score (nSPS) is 28.7. The van der Waals surface area contributed by atoms with Crippen LogP contribution in [0, 0.1) is 17.2 Å². The fraction of sp³-hybridized carbons (Fsp3) is 0.500. The Bertz CT molecular complexity index is 738.